The van der Waals surface area contributed by atoms with E-state index in [4.69, 9.17) is 11.6 Å². The molecule has 0 aromatic carbocycles. The van der Waals surface area contributed by atoms with E-state index in [-0.39, 0.29) is 5.28 Å². The number of halogens is 1. The van der Waals surface area contributed by atoms with E-state index in [1.807, 2.05) is 27.7 Å². The summed E-state index contributed by atoms with van der Waals surface area (Å²) in [7, 11) is 1.78. The fourth-order valence-corrected chi connectivity index (χ4v) is 0.622. The molecule has 0 amide bonds. The molecule has 1 aromatic heterocycles. The van der Waals surface area contributed by atoms with Gasteiger partial charge in [-0.25, -0.2) is 9.97 Å². The second-order valence-corrected chi connectivity index (χ2v) is 1.80. The SMILES string of the molecule is CC.CC.CNc1ccnc(Cl)n1. The van der Waals surface area contributed by atoms with Crippen LogP contribution in [0.5, 0.6) is 0 Å². The number of nitrogens with one attached hydrogen (secondary N) is 1. The number of aromatic nitrogens is 2. The van der Waals surface area contributed by atoms with Crippen LogP contribution >= 0.6 is 11.6 Å². The summed E-state index contributed by atoms with van der Waals surface area (Å²) in [5.74, 6) is 0.731. The molecular formula is C9H18ClN3. The molecule has 3 nitrogen and oxygen atoms in total. The molecule has 0 aliphatic carbocycles. The lowest BCUT2D eigenvalue weighted by molar-refractivity contribution is 1.16. The van der Waals surface area contributed by atoms with Gasteiger partial charge in [-0.05, 0) is 17.7 Å². The van der Waals surface area contributed by atoms with Crippen molar-refractivity contribution in [2.24, 2.45) is 0 Å². The van der Waals surface area contributed by atoms with Crippen molar-refractivity contribution < 1.29 is 0 Å². The summed E-state index contributed by atoms with van der Waals surface area (Å²) < 4.78 is 0. The fraction of sp³-hybridized carbons (Fsp3) is 0.556. The minimum absolute atomic E-state index is 0.266. The van der Waals surface area contributed by atoms with E-state index >= 15 is 0 Å². The van der Waals surface area contributed by atoms with Crippen LogP contribution in [0.1, 0.15) is 27.7 Å². The summed E-state index contributed by atoms with van der Waals surface area (Å²) in [6.07, 6.45) is 1.60. The smallest absolute Gasteiger partial charge is 0.224 e. The van der Waals surface area contributed by atoms with Gasteiger partial charge < -0.3 is 5.32 Å². The average molecular weight is 204 g/mol. The predicted octanol–water partition coefficient (Wildman–Crippen LogP) is 3.22. The third kappa shape index (κ3) is 7.53. The molecule has 1 heterocycles. The molecule has 0 bridgehead atoms. The second-order valence-electron chi connectivity index (χ2n) is 1.46. The van der Waals surface area contributed by atoms with E-state index in [0.717, 1.165) is 5.82 Å². The van der Waals surface area contributed by atoms with Crippen molar-refractivity contribution in [1.29, 1.82) is 0 Å². The average Bonchev–Trinajstić information content (AvgIpc) is 2.24. The first-order valence-electron chi connectivity index (χ1n) is 4.49. The van der Waals surface area contributed by atoms with Gasteiger partial charge in [0.15, 0.2) is 0 Å². The first-order valence-corrected chi connectivity index (χ1v) is 4.87. The van der Waals surface area contributed by atoms with Crippen molar-refractivity contribution in [2.75, 3.05) is 12.4 Å². The van der Waals surface area contributed by atoms with E-state index < -0.39 is 0 Å². The Morgan fingerprint density at radius 2 is 1.77 bits per heavy atom. The monoisotopic (exact) mass is 203 g/mol. The van der Waals surface area contributed by atoms with E-state index in [2.05, 4.69) is 15.3 Å². The lowest BCUT2D eigenvalue weighted by Crippen LogP contribution is -1.92. The Morgan fingerprint density at radius 3 is 2.08 bits per heavy atom. The van der Waals surface area contributed by atoms with Gasteiger partial charge >= 0.3 is 0 Å². The molecule has 0 atom stereocenters. The van der Waals surface area contributed by atoms with Crippen LogP contribution in [0, 0.1) is 0 Å². The zero-order valence-electron chi connectivity index (χ0n) is 8.93. The summed E-state index contributed by atoms with van der Waals surface area (Å²) in [4.78, 5) is 7.54. The molecule has 76 valence electrons. The Labute approximate surface area is 85.6 Å². The second kappa shape index (κ2) is 11.2. The Hall–Kier alpha value is -0.830. The number of anilines is 1. The molecule has 0 fully saturated rings. The van der Waals surface area contributed by atoms with Crippen molar-refractivity contribution in [3.63, 3.8) is 0 Å². The third-order valence-electron chi connectivity index (χ3n) is 0.882. The molecule has 0 aliphatic heterocycles. The standard InChI is InChI=1S/C5H6ClN3.2C2H6/c1-7-4-2-3-8-5(6)9-4;2*1-2/h2-3H,1H3,(H,7,8,9);2*1-2H3. The van der Waals surface area contributed by atoms with E-state index in [1.54, 1.807) is 19.3 Å². The van der Waals surface area contributed by atoms with Gasteiger partial charge in [0.25, 0.3) is 0 Å². The van der Waals surface area contributed by atoms with Gasteiger partial charge in [-0.2, -0.15) is 0 Å². The largest absolute Gasteiger partial charge is 0.373 e. The van der Waals surface area contributed by atoms with Crippen LogP contribution in [-0.4, -0.2) is 17.0 Å². The van der Waals surface area contributed by atoms with Gasteiger partial charge in [-0.3, -0.25) is 0 Å². The Kier molecular flexibility index (Phi) is 12.6. The number of nitrogens with zero attached hydrogens (tertiary/aromatic N) is 2. The van der Waals surface area contributed by atoms with Crippen LogP contribution in [0.15, 0.2) is 12.3 Å². The highest BCUT2D eigenvalue weighted by atomic mass is 35.5. The summed E-state index contributed by atoms with van der Waals surface area (Å²) in [6, 6.07) is 1.74. The van der Waals surface area contributed by atoms with Crippen LogP contribution < -0.4 is 5.32 Å². The molecule has 0 saturated carbocycles. The molecule has 4 heteroatoms. The maximum absolute atomic E-state index is 5.46. The van der Waals surface area contributed by atoms with Gasteiger partial charge in [-0.15, -0.1) is 0 Å². The molecule has 13 heavy (non-hydrogen) atoms. The van der Waals surface area contributed by atoms with Crippen molar-refractivity contribution in [3.05, 3.63) is 17.5 Å². The lowest BCUT2D eigenvalue weighted by Gasteiger charge is -1.95. The molecule has 0 aliphatic rings. The maximum Gasteiger partial charge on any atom is 0.224 e. The van der Waals surface area contributed by atoms with E-state index in [9.17, 15) is 0 Å². The highest BCUT2D eigenvalue weighted by Gasteiger charge is 1.89. The molecule has 1 rings (SSSR count). The molecule has 0 radical (unpaired) electrons. The highest BCUT2D eigenvalue weighted by Crippen LogP contribution is 2.03. The lowest BCUT2D eigenvalue weighted by atomic mass is 10.6. The van der Waals surface area contributed by atoms with Gasteiger partial charge in [0.2, 0.25) is 5.28 Å². The normalized spacial score (nSPS) is 7.23. The van der Waals surface area contributed by atoms with Crippen LogP contribution in [-0.2, 0) is 0 Å². The van der Waals surface area contributed by atoms with Crippen LogP contribution in [0.3, 0.4) is 0 Å². The molecule has 0 saturated heterocycles. The van der Waals surface area contributed by atoms with Crippen molar-refractivity contribution in [1.82, 2.24) is 9.97 Å². The maximum atomic E-state index is 5.46. The van der Waals surface area contributed by atoms with Crippen LogP contribution in [0.4, 0.5) is 5.82 Å². The predicted molar refractivity (Wildman–Crippen MR) is 59.3 cm³/mol. The van der Waals surface area contributed by atoms with Crippen molar-refractivity contribution in [2.45, 2.75) is 27.7 Å². The van der Waals surface area contributed by atoms with Gasteiger partial charge in [0, 0.05) is 13.2 Å². The minimum Gasteiger partial charge on any atom is -0.373 e. The number of rotatable bonds is 1. The molecule has 0 unspecified atom stereocenters. The summed E-state index contributed by atoms with van der Waals surface area (Å²) in [6.45, 7) is 8.00. The Morgan fingerprint density at radius 1 is 1.23 bits per heavy atom. The zero-order chi connectivity index (χ0) is 10.7. The first kappa shape index (κ1) is 14.7. The van der Waals surface area contributed by atoms with Crippen molar-refractivity contribution in [3.8, 4) is 0 Å². The quantitative estimate of drug-likeness (QED) is 0.713. The minimum atomic E-state index is 0.266. The molecular weight excluding hydrogens is 186 g/mol. The van der Waals surface area contributed by atoms with E-state index in [0.29, 0.717) is 0 Å². The van der Waals surface area contributed by atoms with Crippen LogP contribution in [0.25, 0.3) is 0 Å². The van der Waals surface area contributed by atoms with Crippen LogP contribution in [0.2, 0.25) is 5.28 Å². The first-order chi connectivity index (χ1) is 6.33. The number of hydrogen-bond acceptors (Lipinski definition) is 3. The van der Waals surface area contributed by atoms with Crippen molar-refractivity contribution >= 4 is 17.4 Å². The third-order valence-corrected chi connectivity index (χ3v) is 1.06. The Balaban J connectivity index is 0. The molecule has 1 aromatic rings. The zero-order valence-corrected chi connectivity index (χ0v) is 9.68. The summed E-state index contributed by atoms with van der Waals surface area (Å²) in [5, 5.41) is 3.10. The van der Waals surface area contributed by atoms with E-state index in [1.165, 1.54) is 0 Å². The van der Waals surface area contributed by atoms with Gasteiger partial charge in [-0.1, -0.05) is 27.7 Å². The van der Waals surface area contributed by atoms with Gasteiger partial charge in [0.05, 0.1) is 0 Å². The Bertz CT molecular complexity index is 204. The van der Waals surface area contributed by atoms with Gasteiger partial charge in [0.1, 0.15) is 5.82 Å². The fourth-order valence-electron chi connectivity index (χ4n) is 0.474. The highest BCUT2D eigenvalue weighted by molar-refractivity contribution is 6.28. The number of hydrogen-bond donors (Lipinski definition) is 1. The molecule has 0 spiro atoms. The summed E-state index contributed by atoms with van der Waals surface area (Å²) in [5.41, 5.74) is 0. The summed E-state index contributed by atoms with van der Waals surface area (Å²) >= 11 is 5.46. The topological polar surface area (TPSA) is 37.8 Å². The molecule has 1 N–H and O–H groups in total.